The van der Waals surface area contributed by atoms with Gasteiger partial charge in [0, 0.05) is 41.0 Å². The molecular formula is C26H22ClN3O4. The van der Waals surface area contributed by atoms with Crippen LogP contribution in [-0.4, -0.2) is 27.9 Å². The number of hydrogen-bond donors (Lipinski definition) is 1. The topological polar surface area (TPSA) is 82.5 Å². The Balaban J connectivity index is 1.45. The molecule has 5 rings (SSSR count). The molecular weight excluding hydrogens is 454 g/mol. The van der Waals surface area contributed by atoms with Gasteiger partial charge in [-0.25, -0.2) is 4.68 Å². The van der Waals surface area contributed by atoms with E-state index >= 15 is 0 Å². The van der Waals surface area contributed by atoms with Crippen molar-refractivity contribution in [1.29, 1.82) is 0 Å². The van der Waals surface area contributed by atoms with Crippen LogP contribution in [0.4, 0.5) is 0 Å². The van der Waals surface area contributed by atoms with Gasteiger partial charge in [-0.2, -0.15) is 5.10 Å². The van der Waals surface area contributed by atoms with Crippen LogP contribution in [0.1, 0.15) is 35.2 Å². The Morgan fingerprint density at radius 2 is 1.88 bits per heavy atom. The first-order valence-electron chi connectivity index (χ1n) is 11.0. The molecule has 1 aliphatic carbocycles. The summed E-state index contributed by atoms with van der Waals surface area (Å²) in [5.41, 5.74) is 1.18. The summed E-state index contributed by atoms with van der Waals surface area (Å²) in [6, 6.07) is 18.8. The molecule has 1 aliphatic rings. The van der Waals surface area contributed by atoms with Crippen molar-refractivity contribution in [1.82, 2.24) is 15.1 Å². The molecule has 3 aromatic carbocycles. The number of aromatic nitrogens is 2. The molecule has 34 heavy (non-hydrogen) atoms. The van der Waals surface area contributed by atoms with Crippen molar-refractivity contribution in [3.63, 3.8) is 0 Å². The summed E-state index contributed by atoms with van der Waals surface area (Å²) in [5, 5.41) is 9.05. The average molecular weight is 476 g/mol. The number of halogens is 1. The van der Waals surface area contributed by atoms with Crippen LogP contribution in [0.3, 0.4) is 0 Å². The molecule has 0 unspecified atom stereocenters. The SMILES string of the molecule is O=COC1(NC(=O)c2cc(Cl)c3ccccc3c2OCc2ccc(-n3cccn3)cc2)CCC1. The molecule has 0 aliphatic heterocycles. The standard InChI is InChI=1S/C26H22ClN3O4/c27-23-15-22(25(32)29-26(34-17-31)11-3-12-26)24(21-6-2-1-5-20(21)23)33-16-18-7-9-19(10-8-18)30-14-4-13-28-30/h1-2,4-10,13-15,17H,3,11-12,16H2,(H,29,32). The minimum Gasteiger partial charge on any atom is -0.487 e. The van der Waals surface area contributed by atoms with Crippen molar-refractivity contribution in [3.8, 4) is 11.4 Å². The Hall–Kier alpha value is -3.84. The quantitative estimate of drug-likeness (QED) is 0.285. The second kappa shape index (κ2) is 9.19. The van der Waals surface area contributed by atoms with Crippen molar-refractivity contribution in [2.75, 3.05) is 0 Å². The van der Waals surface area contributed by atoms with E-state index in [9.17, 15) is 9.59 Å². The maximum atomic E-state index is 13.3. The van der Waals surface area contributed by atoms with Crippen molar-refractivity contribution >= 4 is 34.8 Å². The molecule has 8 heteroatoms. The minimum atomic E-state index is -0.976. The first-order chi connectivity index (χ1) is 16.6. The molecule has 172 valence electrons. The third-order valence-electron chi connectivity index (χ3n) is 6.05. The normalized spacial score (nSPS) is 14.3. The van der Waals surface area contributed by atoms with Gasteiger partial charge in [0.2, 0.25) is 0 Å². The summed E-state index contributed by atoms with van der Waals surface area (Å²) in [6.45, 7) is 0.623. The molecule has 1 N–H and O–H groups in total. The fourth-order valence-corrected chi connectivity index (χ4v) is 4.36. The lowest BCUT2D eigenvalue weighted by atomic mass is 9.87. The van der Waals surface area contributed by atoms with Crippen LogP contribution in [0.15, 0.2) is 73.1 Å². The number of amides is 1. The molecule has 1 amide bonds. The zero-order valence-electron chi connectivity index (χ0n) is 18.2. The lowest BCUT2D eigenvalue weighted by Gasteiger charge is -2.40. The summed E-state index contributed by atoms with van der Waals surface area (Å²) < 4.78 is 13.2. The van der Waals surface area contributed by atoms with E-state index in [0.717, 1.165) is 28.4 Å². The van der Waals surface area contributed by atoms with Gasteiger partial charge in [0.25, 0.3) is 12.4 Å². The maximum absolute atomic E-state index is 13.3. The summed E-state index contributed by atoms with van der Waals surface area (Å²) in [6.07, 6.45) is 5.60. The van der Waals surface area contributed by atoms with E-state index in [1.54, 1.807) is 16.9 Å². The number of nitrogens with zero attached hydrogens (tertiary/aromatic N) is 2. The fraction of sp³-hybridized carbons (Fsp3) is 0.192. The molecule has 1 fully saturated rings. The van der Waals surface area contributed by atoms with Crippen LogP contribution in [0, 0.1) is 0 Å². The Kier molecular flexibility index (Phi) is 5.94. The smallest absolute Gasteiger partial charge is 0.295 e. The van der Waals surface area contributed by atoms with Crippen LogP contribution < -0.4 is 10.1 Å². The van der Waals surface area contributed by atoms with Crippen LogP contribution >= 0.6 is 11.6 Å². The van der Waals surface area contributed by atoms with E-state index in [4.69, 9.17) is 21.1 Å². The molecule has 0 saturated heterocycles. The van der Waals surface area contributed by atoms with Crippen molar-refractivity contribution in [2.24, 2.45) is 0 Å². The molecule has 1 heterocycles. The summed E-state index contributed by atoms with van der Waals surface area (Å²) in [5.74, 6) is 0.0208. The number of fused-ring (bicyclic) bond motifs is 1. The average Bonchev–Trinajstić information content (AvgIpc) is 3.37. The van der Waals surface area contributed by atoms with E-state index in [1.807, 2.05) is 60.8 Å². The van der Waals surface area contributed by atoms with Gasteiger partial charge in [-0.15, -0.1) is 0 Å². The number of carbonyl (C=O) groups excluding carboxylic acids is 2. The summed E-state index contributed by atoms with van der Waals surface area (Å²) in [4.78, 5) is 24.2. The zero-order chi connectivity index (χ0) is 23.5. The number of carbonyl (C=O) groups is 2. The van der Waals surface area contributed by atoms with Gasteiger partial charge >= 0.3 is 0 Å². The van der Waals surface area contributed by atoms with Gasteiger partial charge in [-0.1, -0.05) is 48.0 Å². The second-order valence-electron chi connectivity index (χ2n) is 8.20. The third-order valence-corrected chi connectivity index (χ3v) is 6.37. The predicted molar refractivity (Wildman–Crippen MR) is 128 cm³/mol. The van der Waals surface area contributed by atoms with E-state index in [-0.39, 0.29) is 12.2 Å². The predicted octanol–water partition coefficient (Wildman–Crippen LogP) is 5.04. The lowest BCUT2D eigenvalue weighted by Crippen LogP contribution is -2.55. The minimum absolute atomic E-state index is 0.251. The fourth-order valence-electron chi connectivity index (χ4n) is 4.09. The van der Waals surface area contributed by atoms with Crippen LogP contribution in [-0.2, 0) is 16.1 Å². The van der Waals surface area contributed by atoms with Crippen LogP contribution in [0.25, 0.3) is 16.5 Å². The highest BCUT2D eigenvalue weighted by atomic mass is 35.5. The Morgan fingerprint density at radius 1 is 1.12 bits per heavy atom. The highest BCUT2D eigenvalue weighted by Crippen LogP contribution is 2.38. The molecule has 4 aromatic rings. The maximum Gasteiger partial charge on any atom is 0.295 e. The monoisotopic (exact) mass is 475 g/mol. The van der Waals surface area contributed by atoms with Crippen LogP contribution in [0.5, 0.6) is 5.75 Å². The molecule has 1 saturated carbocycles. The highest BCUT2D eigenvalue weighted by molar-refractivity contribution is 6.36. The molecule has 0 radical (unpaired) electrons. The summed E-state index contributed by atoms with van der Waals surface area (Å²) in [7, 11) is 0. The number of ether oxygens (including phenoxy) is 2. The number of benzene rings is 3. The van der Waals surface area contributed by atoms with E-state index in [1.165, 1.54) is 0 Å². The third kappa shape index (κ3) is 4.22. The van der Waals surface area contributed by atoms with E-state index in [0.29, 0.717) is 30.1 Å². The van der Waals surface area contributed by atoms with Crippen LogP contribution in [0.2, 0.25) is 5.02 Å². The highest BCUT2D eigenvalue weighted by Gasteiger charge is 2.41. The molecule has 0 bridgehead atoms. The number of rotatable bonds is 8. The van der Waals surface area contributed by atoms with Gasteiger partial charge in [0.1, 0.15) is 12.4 Å². The summed E-state index contributed by atoms with van der Waals surface area (Å²) >= 11 is 6.51. The Morgan fingerprint density at radius 3 is 2.53 bits per heavy atom. The largest absolute Gasteiger partial charge is 0.487 e. The van der Waals surface area contributed by atoms with E-state index < -0.39 is 11.6 Å². The number of nitrogens with one attached hydrogen (secondary N) is 1. The first kappa shape index (κ1) is 22.0. The zero-order valence-corrected chi connectivity index (χ0v) is 19.0. The Labute approximate surface area is 201 Å². The van der Waals surface area contributed by atoms with Crippen molar-refractivity contribution in [2.45, 2.75) is 31.6 Å². The second-order valence-corrected chi connectivity index (χ2v) is 8.61. The van der Waals surface area contributed by atoms with Crippen molar-refractivity contribution < 1.29 is 19.1 Å². The van der Waals surface area contributed by atoms with Gasteiger partial charge in [0.15, 0.2) is 5.72 Å². The van der Waals surface area contributed by atoms with Gasteiger partial charge < -0.3 is 14.8 Å². The molecule has 7 nitrogen and oxygen atoms in total. The molecule has 0 spiro atoms. The number of hydrogen-bond acceptors (Lipinski definition) is 5. The van der Waals surface area contributed by atoms with E-state index in [2.05, 4.69) is 10.4 Å². The molecule has 1 aromatic heterocycles. The van der Waals surface area contributed by atoms with Gasteiger partial charge in [-0.3, -0.25) is 9.59 Å². The van der Waals surface area contributed by atoms with Gasteiger partial charge in [0.05, 0.1) is 11.3 Å². The van der Waals surface area contributed by atoms with Crippen molar-refractivity contribution in [3.05, 3.63) is 89.2 Å². The lowest BCUT2D eigenvalue weighted by molar-refractivity contribution is -0.156. The first-order valence-corrected chi connectivity index (χ1v) is 11.3. The Bertz CT molecular complexity index is 1330. The van der Waals surface area contributed by atoms with Gasteiger partial charge in [-0.05, 0) is 36.2 Å². The molecule has 0 atom stereocenters.